The fourth-order valence-electron chi connectivity index (χ4n) is 2.90. The van der Waals surface area contributed by atoms with E-state index in [4.69, 9.17) is 0 Å². The fourth-order valence-corrected chi connectivity index (χ4v) is 2.90. The molecule has 2 amide bonds. The van der Waals surface area contributed by atoms with Crippen molar-refractivity contribution >= 4 is 17.5 Å². The average molecular weight is 276 g/mol. The van der Waals surface area contributed by atoms with Crippen LogP contribution >= 0.6 is 0 Å². The van der Waals surface area contributed by atoms with Gasteiger partial charge < -0.3 is 10.2 Å². The lowest BCUT2D eigenvalue weighted by Crippen LogP contribution is -2.66. The van der Waals surface area contributed by atoms with Gasteiger partial charge in [0.1, 0.15) is 17.9 Å². The summed E-state index contributed by atoms with van der Waals surface area (Å²) < 4.78 is 13.7. The zero-order chi connectivity index (χ0) is 14.5. The Morgan fingerprint density at radius 3 is 2.70 bits per heavy atom. The third-order valence-electron chi connectivity index (χ3n) is 4.31. The zero-order valence-corrected chi connectivity index (χ0v) is 11.6. The molecule has 0 aromatic heterocycles. The first-order chi connectivity index (χ1) is 9.43. The van der Waals surface area contributed by atoms with E-state index in [1.165, 1.54) is 11.0 Å². The lowest BCUT2D eigenvalue weighted by Gasteiger charge is -2.40. The van der Waals surface area contributed by atoms with E-state index >= 15 is 0 Å². The summed E-state index contributed by atoms with van der Waals surface area (Å²) in [5.74, 6) is -0.513. The third-order valence-corrected chi connectivity index (χ3v) is 4.31. The van der Waals surface area contributed by atoms with E-state index < -0.39 is 5.54 Å². The van der Waals surface area contributed by atoms with Crippen LogP contribution < -0.4 is 10.2 Å². The van der Waals surface area contributed by atoms with E-state index in [0.29, 0.717) is 11.3 Å². The molecule has 1 unspecified atom stereocenters. The third kappa shape index (κ3) is 1.88. The summed E-state index contributed by atoms with van der Waals surface area (Å²) in [7, 11) is 0. The molecule has 0 bridgehead atoms. The number of nitrogens with zero attached hydrogens (tertiary/aromatic N) is 1. The summed E-state index contributed by atoms with van der Waals surface area (Å²) in [5, 5.41) is 2.81. The molecule has 1 aliphatic carbocycles. The summed E-state index contributed by atoms with van der Waals surface area (Å²) in [6.07, 6.45) is 1.89. The molecule has 1 saturated carbocycles. The molecule has 2 fully saturated rings. The number of hydrogen-bond donors (Lipinski definition) is 1. The van der Waals surface area contributed by atoms with E-state index in [9.17, 15) is 14.0 Å². The topological polar surface area (TPSA) is 49.4 Å². The number of anilines is 1. The monoisotopic (exact) mass is 276 g/mol. The number of piperazine rings is 1. The predicted molar refractivity (Wildman–Crippen MR) is 72.8 cm³/mol. The van der Waals surface area contributed by atoms with Crippen molar-refractivity contribution < 1.29 is 14.0 Å². The van der Waals surface area contributed by atoms with Crippen LogP contribution in [0, 0.1) is 18.7 Å². The van der Waals surface area contributed by atoms with Crippen LogP contribution in [0.15, 0.2) is 18.2 Å². The molecule has 2 aliphatic rings. The lowest BCUT2D eigenvalue weighted by molar-refractivity contribution is -0.136. The average Bonchev–Trinajstić information content (AvgIpc) is 3.22. The van der Waals surface area contributed by atoms with Gasteiger partial charge in [0.2, 0.25) is 5.91 Å². The Balaban J connectivity index is 2.02. The summed E-state index contributed by atoms with van der Waals surface area (Å²) >= 11 is 0. The van der Waals surface area contributed by atoms with Gasteiger partial charge in [-0.05, 0) is 44.7 Å². The van der Waals surface area contributed by atoms with E-state index in [2.05, 4.69) is 5.32 Å². The zero-order valence-electron chi connectivity index (χ0n) is 11.6. The number of amides is 2. The number of rotatable bonds is 2. The van der Waals surface area contributed by atoms with E-state index in [1.54, 1.807) is 26.0 Å². The minimum atomic E-state index is -0.853. The van der Waals surface area contributed by atoms with Gasteiger partial charge in [0.05, 0.1) is 5.69 Å². The first-order valence-corrected chi connectivity index (χ1v) is 6.81. The number of carbonyl (C=O) groups is 2. The Morgan fingerprint density at radius 2 is 2.05 bits per heavy atom. The second-order valence-electron chi connectivity index (χ2n) is 5.80. The molecule has 3 rings (SSSR count). The minimum Gasteiger partial charge on any atom is -0.340 e. The van der Waals surface area contributed by atoms with Crippen molar-refractivity contribution in [3.8, 4) is 0 Å². The fraction of sp³-hybridized carbons (Fsp3) is 0.467. The highest BCUT2D eigenvalue weighted by atomic mass is 19.1. The molecular formula is C15H17FN2O2. The maximum Gasteiger partial charge on any atom is 0.253 e. The molecule has 1 atom stereocenters. The number of nitrogens with one attached hydrogen (secondary N) is 1. The molecule has 1 aromatic carbocycles. The number of carbonyl (C=O) groups excluding carboxylic acids is 2. The Morgan fingerprint density at radius 1 is 1.35 bits per heavy atom. The van der Waals surface area contributed by atoms with Crippen LogP contribution in [-0.4, -0.2) is 23.9 Å². The largest absolute Gasteiger partial charge is 0.340 e. The van der Waals surface area contributed by atoms with Gasteiger partial charge in [0, 0.05) is 5.56 Å². The SMILES string of the molecule is Cc1c(F)cccc1N1CC(=O)NC(C)(C2CC2)C1=O. The maximum absolute atomic E-state index is 13.7. The van der Waals surface area contributed by atoms with Gasteiger partial charge in [-0.1, -0.05) is 6.07 Å². The van der Waals surface area contributed by atoms with Crippen molar-refractivity contribution in [1.82, 2.24) is 5.32 Å². The molecule has 1 heterocycles. The predicted octanol–water partition coefficient (Wildman–Crippen LogP) is 1.77. The van der Waals surface area contributed by atoms with Gasteiger partial charge in [-0.2, -0.15) is 0 Å². The van der Waals surface area contributed by atoms with Crippen LogP contribution in [0.2, 0.25) is 0 Å². The van der Waals surface area contributed by atoms with Gasteiger partial charge in [0.15, 0.2) is 0 Å². The van der Waals surface area contributed by atoms with Crippen LogP contribution in [0.1, 0.15) is 25.3 Å². The molecule has 20 heavy (non-hydrogen) atoms. The molecule has 0 radical (unpaired) electrons. The quantitative estimate of drug-likeness (QED) is 0.895. The van der Waals surface area contributed by atoms with E-state index in [0.717, 1.165) is 12.8 Å². The molecule has 1 aliphatic heterocycles. The number of hydrogen-bond acceptors (Lipinski definition) is 2. The smallest absolute Gasteiger partial charge is 0.253 e. The van der Waals surface area contributed by atoms with Crippen LogP contribution in [0.4, 0.5) is 10.1 Å². The first kappa shape index (κ1) is 13.1. The van der Waals surface area contributed by atoms with Gasteiger partial charge in [-0.15, -0.1) is 0 Å². The highest BCUT2D eigenvalue weighted by Crippen LogP contribution is 2.42. The second-order valence-corrected chi connectivity index (χ2v) is 5.80. The number of halogens is 1. The normalized spacial score (nSPS) is 26.6. The molecule has 1 saturated heterocycles. The Labute approximate surface area is 117 Å². The molecule has 0 spiro atoms. The highest BCUT2D eigenvalue weighted by Gasteiger charge is 2.53. The van der Waals surface area contributed by atoms with Crippen molar-refractivity contribution in [2.24, 2.45) is 5.92 Å². The van der Waals surface area contributed by atoms with Crippen LogP contribution in [-0.2, 0) is 9.59 Å². The molecule has 5 heteroatoms. The highest BCUT2D eigenvalue weighted by molar-refractivity contribution is 6.09. The molecular weight excluding hydrogens is 259 g/mol. The summed E-state index contributed by atoms with van der Waals surface area (Å²) in [6.45, 7) is 3.34. The second kappa shape index (κ2) is 4.30. The van der Waals surface area contributed by atoms with Crippen LogP contribution in [0.3, 0.4) is 0 Å². The molecule has 1 aromatic rings. The van der Waals surface area contributed by atoms with Crippen LogP contribution in [0.5, 0.6) is 0 Å². The van der Waals surface area contributed by atoms with Gasteiger partial charge in [-0.3, -0.25) is 9.59 Å². The van der Waals surface area contributed by atoms with E-state index in [-0.39, 0.29) is 30.1 Å². The van der Waals surface area contributed by atoms with Gasteiger partial charge in [0.25, 0.3) is 5.91 Å². The lowest BCUT2D eigenvalue weighted by atomic mass is 9.91. The first-order valence-electron chi connectivity index (χ1n) is 6.81. The Kier molecular flexibility index (Phi) is 2.81. The van der Waals surface area contributed by atoms with Crippen molar-refractivity contribution in [2.45, 2.75) is 32.2 Å². The Hall–Kier alpha value is -1.91. The van der Waals surface area contributed by atoms with Crippen molar-refractivity contribution in [2.75, 3.05) is 11.4 Å². The van der Waals surface area contributed by atoms with Gasteiger partial charge >= 0.3 is 0 Å². The summed E-state index contributed by atoms with van der Waals surface area (Å²) in [4.78, 5) is 26.1. The summed E-state index contributed by atoms with van der Waals surface area (Å²) in [5.41, 5.74) is 0.0269. The van der Waals surface area contributed by atoms with Crippen molar-refractivity contribution in [1.29, 1.82) is 0 Å². The molecule has 1 N–H and O–H groups in total. The Bertz CT molecular complexity index is 598. The molecule has 106 valence electrons. The standard InChI is InChI=1S/C15H17FN2O2/c1-9-11(16)4-3-5-12(9)18-8-13(19)17-15(2,14(18)20)10-6-7-10/h3-5,10H,6-8H2,1-2H3,(H,17,19). The van der Waals surface area contributed by atoms with E-state index in [1.807, 2.05) is 0 Å². The van der Waals surface area contributed by atoms with Crippen LogP contribution in [0.25, 0.3) is 0 Å². The minimum absolute atomic E-state index is 0.0502. The maximum atomic E-state index is 13.7. The van der Waals surface area contributed by atoms with Crippen molar-refractivity contribution in [3.05, 3.63) is 29.6 Å². The summed E-state index contributed by atoms with van der Waals surface area (Å²) in [6, 6.07) is 4.60. The molecule has 4 nitrogen and oxygen atoms in total. The van der Waals surface area contributed by atoms with Crippen molar-refractivity contribution in [3.63, 3.8) is 0 Å². The number of benzene rings is 1. The van der Waals surface area contributed by atoms with Gasteiger partial charge in [-0.25, -0.2) is 4.39 Å².